The van der Waals surface area contributed by atoms with Crippen LogP contribution in [0.15, 0.2) is 24.3 Å². The number of benzene rings is 1. The molecule has 1 atom stereocenters. The van der Waals surface area contributed by atoms with Crippen LogP contribution in [0.1, 0.15) is 63.0 Å². The minimum absolute atomic E-state index is 0.118. The van der Waals surface area contributed by atoms with Crippen molar-refractivity contribution in [2.45, 2.75) is 63.6 Å². The topological polar surface area (TPSA) is 58.2 Å². The van der Waals surface area contributed by atoms with Crippen LogP contribution in [0.2, 0.25) is 0 Å². The van der Waals surface area contributed by atoms with Crippen molar-refractivity contribution in [2.24, 2.45) is 0 Å². The standard InChI is InChI=1S/C19H25F3N2O2/c1-3-23-17(26)18(10-4-5-11-18)24-16(25)12-13(2)14-6-8-15(9-7-14)19(20,21)22/h6-9,13H,3-5,10-12H2,1-2H3,(H,23,26)(H,24,25). The Kier molecular flexibility index (Phi) is 6.31. The third-order valence-corrected chi connectivity index (χ3v) is 4.91. The molecule has 2 amide bonds. The van der Waals surface area contributed by atoms with Crippen molar-refractivity contribution in [3.63, 3.8) is 0 Å². The van der Waals surface area contributed by atoms with Crippen LogP contribution in [0.3, 0.4) is 0 Å². The van der Waals surface area contributed by atoms with E-state index in [0.717, 1.165) is 25.0 Å². The summed E-state index contributed by atoms with van der Waals surface area (Å²) in [6.07, 6.45) is -1.27. The Morgan fingerprint density at radius 1 is 1.15 bits per heavy atom. The second-order valence-electron chi connectivity index (χ2n) is 6.92. The van der Waals surface area contributed by atoms with Gasteiger partial charge in [-0.2, -0.15) is 13.2 Å². The molecule has 0 aromatic heterocycles. The van der Waals surface area contributed by atoms with Gasteiger partial charge in [-0.25, -0.2) is 0 Å². The van der Waals surface area contributed by atoms with E-state index in [1.54, 1.807) is 6.92 Å². The predicted molar refractivity (Wildman–Crippen MR) is 92.5 cm³/mol. The zero-order valence-electron chi connectivity index (χ0n) is 15.1. The molecule has 26 heavy (non-hydrogen) atoms. The van der Waals surface area contributed by atoms with E-state index >= 15 is 0 Å². The van der Waals surface area contributed by atoms with Gasteiger partial charge in [0.1, 0.15) is 5.54 Å². The van der Waals surface area contributed by atoms with Gasteiger partial charge < -0.3 is 10.6 Å². The molecule has 1 unspecified atom stereocenters. The van der Waals surface area contributed by atoms with Gasteiger partial charge in [0.05, 0.1) is 5.56 Å². The van der Waals surface area contributed by atoms with E-state index in [9.17, 15) is 22.8 Å². The maximum absolute atomic E-state index is 12.6. The first kappa shape index (κ1) is 20.3. The van der Waals surface area contributed by atoms with Gasteiger partial charge in [-0.3, -0.25) is 9.59 Å². The Morgan fingerprint density at radius 2 is 1.73 bits per heavy atom. The highest BCUT2D eigenvalue weighted by Crippen LogP contribution is 2.32. The summed E-state index contributed by atoms with van der Waals surface area (Å²) in [5, 5.41) is 5.66. The fraction of sp³-hybridized carbons (Fsp3) is 0.579. The average Bonchev–Trinajstić information content (AvgIpc) is 3.04. The zero-order chi connectivity index (χ0) is 19.4. The summed E-state index contributed by atoms with van der Waals surface area (Å²) in [5.41, 5.74) is -0.905. The minimum atomic E-state index is -4.37. The van der Waals surface area contributed by atoms with Crippen molar-refractivity contribution >= 4 is 11.8 Å². The number of carbonyl (C=O) groups excluding carboxylic acids is 2. The van der Waals surface area contributed by atoms with Crippen molar-refractivity contribution < 1.29 is 22.8 Å². The molecule has 2 rings (SSSR count). The lowest BCUT2D eigenvalue weighted by Gasteiger charge is -2.29. The lowest BCUT2D eigenvalue weighted by atomic mass is 9.93. The predicted octanol–water partition coefficient (Wildman–Crippen LogP) is 3.76. The van der Waals surface area contributed by atoms with E-state index in [4.69, 9.17) is 0 Å². The maximum atomic E-state index is 12.6. The van der Waals surface area contributed by atoms with Crippen LogP contribution in [0, 0.1) is 0 Å². The molecule has 0 radical (unpaired) electrons. The van der Waals surface area contributed by atoms with Crippen LogP contribution < -0.4 is 10.6 Å². The summed E-state index contributed by atoms with van der Waals surface area (Å²) in [7, 11) is 0. The van der Waals surface area contributed by atoms with Gasteiger partial charge in [-0.15, -0.1) is 0 Å². The molecular formula is C19H25F3N2O2. The summed E-state index contributed by atoms with van der Waals surface area (Å²) in [5.74, 6) is -0.663. The molecule has 0 heterocycles. The molecule has 0 bridgehead atoms. The number of halogens is 3. The minimum Gasteiger partial charge on any atom is -0.354 e. The van der Waals surface area contributed by atoms with E-state index in [2.05, 4.69) is 10.6 Å². The van der Waals surface area contributed by atoms with Crippen molar-refractivity contribution in [1.29, 1.82) is 0 Å². The quantitative estimate of drug-likeness (QED) is 0.801. The number of carbonyl (C=O) groups is 2. The smallest absolute Gasteiger partial charge is 0.354 e. The van der Waals surface area contributed by atoms with Gasteiger partial charge >= 0.3 is 6.18 Å². The Hall–Kier alpha value is -2.05. The Labute approximate surface area is 151 Å². The number of hydrogen-bond acceptors (Lipinski definition) is 2. The van der Waals surface area contributed by atoms with Crippen molar-refractivity contribution in [1.82, 2.24) is 10.6 Å². The number of likely N-dealkylation sites (N-methyl/N-ethyl adjacent to an activating group) is 1. The van der Waals surface area contributed by atoms with E-state index in [1.807, 2.05) is 6.92 Å². The first-order valence-electron chi connectivity index (χ1n) is 8.94. The normalized spacial score (nSPS) is 17.6. The molecule has 1 fully saturated rings. The van der Waals surface area contributed by atoms with E-state index < -0.39 is 17.3 Å². The van der Waals surface area contributed by atoms with Gasteiger partial charge in [0, 0.05) is 13.0 Å². The second kappa shape index (κ2) is 8.10. The van der Waals surface area contributed by atoms with Crippen molar-refractivity contribution in [3.8, 4) is 0 Å². The summed E-state index contributed by atoms with van der Waals surface area (Å²) in [6, 6.07) is 4.85. The van der Waals surface area contributed by atoms with Crippen molar-refractivity contribution in [2.75, 3.05) is 6.54 Å². The van der Waals surface area contributed by atoms with Gasteiger partial charge in [0.25, 0.3) is 0 Å². The first-order valence-corrected chi connectivity index (χ1v) is 8.94. The van der Waals surface area contributed by atoms with Gasteiger partial charge in [-0.1, -0.05) is 31.9 Å². The Bertz CT molecular complexity index is 635. The molecule has 4 nitrogen and oxygen atoms in total. The molecule has 0 spiro atoms. The third-order valence-electron chi connectivity index (χ3n) is 4.91. The molecule has 7 heteroatoms. The van der Waals surface area contributed by atoms with Gasteiger partial charge in [0.2, 0.25) is 11.8 Å². The van der Waals surface area contributed by atoms with E-state index in [0.29, 0.717) is 24.9 Å². The largest absolute Gasteiger partial charge is 0.416 e. The average molecular weight is 370 g/mol. The van der Waals surface area contributed by atoms with Crippen LogP contribution in [0.25, 0.3) is 0 Å². The summed E-state index contributed by atoms with van der Waals surface area (Å²) >= 11 is 0. The SMILES string of the molecule is CCNC(=O)C1(NC(=O)CC(C)c2ccc(C(F)(F)F)cc2)CCCC1. The number of rotatable bonds is 6. The highest BCUT2D eigenvalue weighted by Gasteiger charge is 2.42. The van der Waals surface area contributed by atoms with Crippen LogP contribution in [-0.4, -0.2) is 23.9 Å². The van der Waals surface area contributed by atoms with Gasteiger partial charge in [0.15, 0.2) is 0 Å². The summed E-state index contributed by atoms with van der Waals surface area (Å²) < 4.78 is 37.9. The first-order chi connectivity index (χ1) is 12.2. The van der Waals surface area contributed by atoms with Crippen LogP contribution in [0.5, 0.6) is 0 Å². The second-order valence-corrected chi connectivity index (χ2v) is 6.92. The lowest BCUT2D eigenvalue weighted by Crippen LogP contribution is -2.57. The molecule has 1 aliphatic rings. The molecular weight excluding hydrogens is 345 g/mol. The van der Waals surface area contributed by atoms with Crippen LogP contribution >= 0.6 is 0 Å². The molecule has 0 aliphatic heterocycles. The number of alkyl halides is 3. The monoisotopic (exact) mass is 370 g/mol. The highest BCUT2D eigenvalue weighted by molar-refractivity contribution is 5.92. The fourth-order valence-corrected chi connectivity index (χ4v) is 3.43. The molecule has 1 aromatic carbocycles. The fourth-order valence-electron chi connectivity index (χ4n) is 3.43. The molecule has 1 aliphatic carbocycles. The molecule has 144 valence electrons. The van der Waals surface area contributed by atoms with Gasteiger partial charge in [-0.05, 0) is 43.4 Å². The summed E-state index contributed by atoms with van der Waals surface area (Å²) in [4.78, 5) is 24.8. The highest BCUT2D eigenvalue weighted by atomic mass is 19.4. The lowest BCUT2D eigenvalue weighted by molar-refractivity contribution is -0.137. The third kappa shape index (κ3) is 4.77. The van der Waals surface area contributed by atoms with Crippen molar-refractivity contribution in [3.05, 3.63) is 35.4 Å². The molecule has 1 aromatic rings. The van der Waals surface area contributed by atoms with E-state index in [1.165, 1.54) is 12.1 Å². The Balaban J connectivity index is 2.01. The van der Waals surface area contributed by atoms with E-state index in [-0.39, 0.29) is 24.2 Å². The van der Waals surface area contributed by atoms with Crippen LogP contribution in [0.4, 0.5) is 13.2 Å². The number of nitrogens with one attached hydrogen (secondary N) is 2. The maximum Gasteiger partial charge on any atom is 0.416 e. The molecule has 1 saturated carbocycles. The molecule has 0 saturated heterocycles. The summed E-state index contributed by atoms with van der Waals surface area (Å²) in [6.45, 7) is 4.11. The van der Waals surface area contributed by atoms with Crippen LogP contribution in [-0.2, 0) is 15.8 Å². The zero-order valence-corrected chi connectivity index (χ0v) is 15.1. The molecule has 2 N–H and O–H groups in total. The number of hydrogen-bond donors (Lipinski definition) is 2. The Morgan fingerprint density at radius 3 is 2.23 bits per heavy atom. The number of amides is 2.